The molecule has 6 atom stereocenters. The fourth-order valence-corrected chi connectivity index (χ4v) is 3.34. The Bertz CT molecular complexity index is 934. The lowest BCUT2D eigenvalue weighted by molar-refractivity contribution is -0.138. The third kappa shape index (κ3) is 14.2. The highest BCUT2D eigenvalue weighted by Gasteiger charge is 2.33. The number of primary amides is 1. The summed E-state index contributed by atoms with van der Waals surface area (Å²) in [4.78, 5) is 72.9. The Morgan fingerprint density at radius 2 is 1.27 bits per heavy atom. The Hall–Kier alpha value is -4.07. The Labute approximate surface area is 235 Å². The van der Waals surface area contributed by atoms with Gasteiger partial charge < -0.3 is 63.8 Å². The summed E-state index contributed by atoms with van der Waals surface area (Å²) < 4.78 is 0. The smallest absolute Gasteiger partial charge is 0.303 e. The van der Waals surface area contributed by atoms with Gasteiger partial charge in [0.15, 0.2) is 5.96 Å². The van der Waals surface area contributed by atoms with Crippen LogP contribution in [0.4, 0.5) is 0 Å². The molecule has 0 fully saturated rings. The molecule has 5 amide bonds. The number of carbonyl (C=O) groups excluding carboxylic acids is 5. The normalized spacial score (nSPS) is 15.1. The number of rotatable bonds is 20. The maximum atomic E-state index is 12.7. The topological polar surface area (TPSA) is 331 Å². The summed E-state index contributed by atoms with van der Waals surface area (Å²) in [7, 11) is 1.50. The van der Waals surface area contributed by atoms with E-state index in [0.717, 1.165) is 6.92 Å². The predicted molar refractivity (Wildman–Crippen MR) is 142 cm³/mol. The summed E-state index contributed by atoms with van der Waals surface area (Å²) in [6.45, 7) is -0.417. The highest BCUT2D eigenvalue weighted by molar-refractivity contribution is 5.96. The van der Waals surface area contributed by atoms with Crippen molar-refractivity contribution < 1.29 is 49.2 Å². The number of carbonyl (C=O) groups is 6. The van der Waals surface area contributed by atoms with Crippen molar-refractivity contribution in [2.24, 2.45) is 11.5 Å². The Morgan fingerprint density at radius 1 is 0.780 bits per heavy atom. The zero-order chi connectivity index (χ0) is 31.7. The first-order chi connectivity index (χ1) is 19.2. The van der Waals surface area contributed by atoms with Gasteiger partial charge in [-0.2, -0.15) is 0 Å². The second kappa shape index (κ2) is 19.1. The van der Waals surface area contributed by atoms with E-state index in [1.165, 1.54) is 7.05 Å². The van der Waals surface area contributed by atoms with Gasteiger partial charge in [-0.1, -0.05) is 0 Å². The fourth-order valence-electron chi connectivity index (χ4n) is 3.34. The van der Waals surface area contributed by atoms with Crippen LogP contribution in [0.5, 0.6) is 0 Å². The van der Waals surface area contributed by atoms with Crippen LogP contribution >= 0.6 is 0 Å². The number of nitrogens with one attached hydrogen (secondary N) is 7. The molecule has 0 aliphatic rings. The summed E-state index contributed by atoms with van der Waals surface area (Å²) in [5, 5.41) is 59.2. The van der Waals surface area contributed by atoms with Crippen LogP contribution in [0.15, 0.2) is 0 Å². The molecule has 0 aliphatic carbocycles. The van der Waals surface area contributed by atoms with E-state index in [1.54, 1.807) is 0 Å². The zero-order valence-electron chi connectivity index (χ0n) is 22.8. The average Bonchev–Trinajstić information content (AvgIpc) is 2.89. The van der Waals surface area contributed by atoms with E-state index in [1.807, 2.05) is 0 Å². The van der Waals surface area contributed by atoms with Crippen molar-refractivity contribution in [2.45, 2.75) is 68.9 Å². The van der Waals surface area contributed by atoms with Gasteiger partial charge >= 0.3 is 5.97 Å². The molecular formula is C22H41N9O10. The lowest BCUT2D eigenvalue weighted by Gasteiger charge is -2.26. The van der Waals surface area contributed by atoms with E-state index in [4.69, 9.17) is 22.0 Å². The van der Waals surface area contributed by atoms with Gasteiger partial charge in [0.25, 0.3) is 0 Å². The number of likely N-dealkylation sites (N-methyl/N-ethyl adjacent to an activating group) is 1. The lowest BCUT2D eigenvalue weighted by Crippen LogP contribution is -2.61. The molecule has 19 heteroatoms. The molecule has 0 aromatic heterocycles. The molecule has 41 heavy (non-hydrogen) atoms. The molecule has 0 aliphatic heterocycles. The number of carboxylic acids is 1. The van der Waals surface area contributed by atoms with Crippen molar-refractivity contribution in [1.29, 1.82) is 5.41 Å². The molecule has 19 nitrogen and oxygen atoms in total. The molecule has 0 bridgehead atoms. The van der Waals surface area contributed by atoms with Crippen LogP contribution in [0, 0.1) is 5.41 Å². The minimum Gasteiger partial charge on any atom is -0.481 e. The first-order valence-electron chi connectivity index (χ1n) is 12.6. The van der Waals surface area contributed by atoms with Crippen molar-refractivity contribution >= 4 is 41.5 Å². The largest absolute Gasteiger partial charge is 0.481 e. The highest BCUT2D eigenvalue weighted by atomic mass is 16.4. The molecule has 0 aromatic rings. The first kappa shape index (κ1) is 36.9. The Balaban J connectivity index is 5.30. The fraction of sp³-hybridized carbons (Fsp3) is 0.682. The number of hydrogen-bond donors (Lipinski definition) is 13. The average molecular weight is 592 g/mol. The number of aliphatic hydroxyl groups excluding tert-OH is 3. The third-order valence-corrected chi connectivity index (χ3v) is 5.65. The van der Waals surface area contributed by atoms with Crippen LogP contribution in [0.1, 0.15) is 32.6 Å². The van der Waals surface area contributed by atoms with E-state index in [0.29, 0.717) is 13.0 Å². The SMILES string of the molecule is CN[C@@H](CCCNC(=N)N)C(=O)N[C@@H](CO)C(=O)N[C@@H](CO)C(=O)N[C@H](C(=O)N[C@@H](CCC(=O)O)C(N)=O)[C@@H](C)O. The van der Waals surface area contributed by atoms with Gasteiger partial charge in [0.05, 0.1) is 25.4 Å². The molecule has 0 saturated carbocycles. The number of aliphatic carboxylic acids is 1. The Morgan fingerprint density at radius 3 is 1.68 bits per heavy atom. The van der Waals surface area contributed by atoms with Gasteiger partial charge in [0, 0.05) is 13.0 Å². The number of nitrogens with two attached hydrogens (primary N) is 2. The number of hydrogen-bond acceptors (Lipinski definition) is 11. The molecule has 234 valence electrons. The molecule has 0 aromatic carbocycles. The van der Waals surface area contributed by atoms with E-state index < -0.39 is 91.5 Å². The van der Waals surface area contributed by atoms with E-state index in [-0.39, 0.29) is 18.8 Å². The molecule has 0 radical (unpaired) electrons. The molecule has 0 saturated heterocycles. The summed E-state index contributed by atoms with van der Waals surface area (Å²) in [5.74, 6) is -6.49. The monoisotopic (exact) mass is 591 g/mol. The molecule has 0 spiro atoms. The van der Waals surface area contributed by atoms with Gasteiger partial charge in [-0.25, -0.2) is 0 Å². The predicted octanol–water partition coefficient (Wildman–Crippen LogP) is -6.51. The third-order valence-electron chi connectivity index (χ3n) is 5.65. The molecular weight excluding hydrogens is 550 g/mol. The second-order valence-corrected chi connectivity index (χ2v) is 8.93. The highest BCUT2D eigenvalue weighted by Crippen LogP contribution is 2.02. The lowest BCUT2D eigenvalue weighted by atomic mass is 10.1. The number of guanidine groups is 1. The van der Waals surface area contributed by atoms with Crippen LogP contribution in [-0.4, -0.2) is 125 Å². The minimum atomic E-state index is -1.71. The van der Waals surface area contributed by atoms with Crippen LogP contribution < -0.4 is 43.4 Å². The Kier molecular flexibility index (Phi) is 17.2. The zero-order valence-corrected chi connectivity index (χ0v) is 22.8. The number of aliphatic hydroxyl groups is 3. The van der Waals surface area contributed by atoms with Crippen LogP contribution in [0.25, 0.3) is 0 Å². The summed E-state index contributed by atoms with van der Waals surface area (Å²) in [6, 6.07) is -7.14. The molecule has 15 N–H and O–H groups in total. The van der Waals surface area contributed by atoms with Crippen LogP contribution in [0.3, 0.4) is 0 Å². The summed E-state index contributed by atoms with van der Waals surface area (Å²) in [6.07, 6.45) is -1.70. The molecule has 0 unspecified atom stereocenters. The van der Waals surface area contributed by atoms with Gasteiger partial charge in [-0.3, -0.25) is 34.2 Å². The number of amides is 5. The van der Waals surface area contributed by atoms with Crippen LogP contribution in [-0.2, 0) is 28.8 Å². The summed E-state index contributed by atoms with van der Waals surface area (Å²) in [5.41, 5.74) is 10.4. The molecule has 0 rings (SSSR count). The first-order valence-corrected chi connectivity index (χ1v) is 12.6. The summed E-state index contributed by atoms with van der Waals surface area (Å²) >= 11 is 0. The van der Waals surface area contributed by atoms with Crippen LogP contribution in [0.2, 0.25) is 0 Å². The van der Waals surface area contributed by atoms with Gasteiger partial charge in [-0.15, -0.1) is 0 Å². The van der Waals surface area contributed by atoms with Crippen molar-refractivity contribution in [2.75, 3.05) is 26.8 Å². The van der Waals surface area contributed by atoms with E-state index in [9.17, 15) is 44.1 Å². The van der Waals surface area contributed by atoms with Gasteiger partial charge in [0.2, 0.25) is 29.5 Å². The van der Waals surface area contributed by atoms with Gasteiger partial charge in [-0.05, 0) is 33.2 Å². The standard InChI is InChI=1S/C22H41N9O10/c1-10(34)16(21(41)28-11(17(23)37)5-6-15(35)36)31-20(40)14(9-33)30-19(39)13(8-32)29-18(38)12(26-2)4-3-7-27-22(24)25/h10-14,16,26,32-34H,3-9H2,1-2H3,(H2,23,37)(H,28,41)(H,29,38)(H,30,39)(H,31,40)(H,35,36)(H4,24,25,27)/t10-,11+,12+,13+,14+,16+/m1/s1. The maximum Gasteiger partial charge on any atom is 0.303 e. The number of carboxylic acid groups (broad SMARTS) is 1. The van der Waals surface area contributed by atoms with Gasteiger partial charge in [0.1, 0.15) is 24.2 Å². The quantitative estimate of drug-likeness (QED) is 0.0356. The van der Waals surface area contributed by atoms with Crippen molar-refractivity contribution in [1.82, 2.24) is 31.9 Å². The maximum absolute atomic E-state index is 12.7. The van der Waals surface area contributed by atoms with Crippen molar-refractivity contribution in [3.63, 3.8) is 0 Å². The molecule has 0 heterocycles. The van der Waals surface area contributed by atoms with E-state index in [2.05, 4.69) is 31.9 Å². The van der Waals surface area contributed by atoms with Crippen molar-refractivity contribution in [3.8, 4) is 0 Å². The van der Waals surface area contributed by atoms with Crippen molar-refractivity contribution in [3.05, 3.63) is 0 Å². The minimum absolute atomic E-state index is 0.235. The van der Waals surface area contributed by atoms with E-state index >= 15 is 0 Å². The second-order valence-electron chi connectivity index (χ2n) is 8.93.